The second kappa shape index (κ2) is 3.71. The summed E-state index contributed by atoms with van der Waals surface area (Å²) >= 11 is 0. The molecular weight excluding hydrogens is 180 g/mol. The van der Waals surface area contributed by atoms with Crippen molar-refractivity contribution in [2.45, 2.75) is 65.8 Å². The van der Waals surface area contributed by atoms with Gasteiger partial charge in [-0.25, -0.2) is 0 Å². The van der Waals surface area contributed by atoms with Crippen LogP contribution in [0.15, 0.2) is 0 Å². The van der Waals surface area contributed by atoms with Crippen molar-refractivity contribution in [1.82, 2.24) is 0 Å². The Kier molecular flexibility index (Phi) is 3.75. The van der Waals surface area contributed by atoms with Crippen LogP contribution in [0.2, 0.25) is 13.1 Å². The number of hydrogen-bond donors (Lipinski definition) is 0. The maximum absolute atomic E-state index is 5.92. The Morgan fingerprint density at radius 3 is 1.08 bits per heavy atom. The van der Waals surface area contributed by atoms with Crippen LogP contribution >= 0.6 is 0 Å². The molecule has 13 heavy (non-hydrogen) atoms. The topological polar surface area (TPSA) is 18.5 Å². The van der Waals surface area contributed by atoms with E-state index in [1.54, 1.807) is 0 Å². The van der Waals surface area contributed by atoms with E-state index >= 15 is 0 Å². The van der Waals surface area contributed by atoms with Gasteiger partial charge in [0.2, 0.25) is 0 Å². The maximum Gasteiger partial charge on any atom is 0.332 e. The highest BCUT2D eigenvalue weighted by Gasteiger charge is 2.34. The standard InChI is InChI=1S/C10H24O2Si/c1-9(2,3)11-13(7,8)12-10(4,5)6/h1-8H3. The molecule has 0 saturated carbocycles. The van der Waals surface area contributed by atoms with Crippen molar-refractivity contribution < 1.29 is 8.85 Å². The van der Waals surface area contributed by atoms with E-state index in [0.29, 0.717) is 0 Å². The average Bonchev–Trinajstić information content (AvgIpc) is 1.43. The summed E-state index contributed by atoms with van der Waals surface area (Å²) in [6.07, 6.45) is 0. The van der Waals surface area contributed by atoms with Gasteiger partial charge in [0.05, 0.1) is 11.2 Å². The highest BCUT2D eigenvalue weighted by molar-refractivity contribution is 6.64. The third kappa shape index (κ3) is 8.47. The third-order valence-electron chi connectivity index (χ3n) is 1.10. The van der Waals surface area contributed by atoms with E-state index < -0.39 is 8.56 Å². The van der Waals surface area contributed by atoms with E-state index in [1.165, 1.54) is 0 Å². The Bertz CT molecular complexity index is 145. The summed E-state index contributed by atoms with van der Waals surface area (Å²) in [6, 6.07) is 0. The van der Waals surface area contributed by atoms with E-state index in [0.717, 1.165) is 0 Å². The van der Waals surface area contributed by atoms with E-state index in [1.807, 2.05) is 0 Å². The van der Waals surface area contributed by atoms with Gasteiger partial charge in [-0.15, -0.1) is 0 Å². The van der Waals surface area contributed by atoms with Gasteiger partial charge in [-0.05, 0) is 54.6 Å². The molecule has 0 aromatic carbocycles. The monoisotopic (exact) mass is 204 g/mol. The first-order valence-corrected chi connectivity index (χ1v) is 7.63. The van der Waals surface area contributed by atoms with Crippen molar-refractivity contribution in [2.75, 3.05) is 0 Å². The Balaban J connectivity index is 4.25. The largest absolute Gasteiger partial charge is 0.390 e. The van der Waals surface area contributed by atoms with Crippen LogP contribution in [0.5, 0.6) is 0 Å². The first-order valence-electron chi connectivity index (χ1n) is 4.82. The minimum atomic E-state index is -1.97. The van der Waals surface area contributed by atoms with E-state index in [-0.39, 0.29) is 11.2 Å². The van der Waals surface area contributed by atoms with Crippen LogP contribution in [0, 0.1) is 0 Å². The lowest BCUT2D eigenvalue weighted by Gasteiger charge is -2.36. The van der Waals surface area contributed by atoms with Crippen molar-refractivity contribution in [1.29, 1.82) is 0 Å². The van der Waals surface area contributed by atoms with Crippen molar-refractivity contribution in [3.8, 4) is 0 Å². The summed E-state index contributed by atoms with van der Waals surface area (Å²) in [4.78, 5) is 0. The minimum absolute atomic E-state index is 0.110. The van der Waals surface area contributed by atoms with Crippen LogP contribution in [-0.2, 0) is 8.85 Å². The van der Waals surface area contributed by atoms with Gasteiger partial charge in [0.15, 0.2) is 0 Å². The second-order valence-corrected chi connectivity index (χ2v) is 9.04. The van der Waals surface area contributed by atoms with Gasteiger partial charge in [-0.3, -0.25) is 0 Å². The molecule has 0 aromatic heterocycles. The Morgan fingerprint density at radius 1 is 0.692 bits per heavy atom. The molecule has 0 aliphatic rings. The smallest absolute Gasteiger partial charge is 0.332 e. The summed E-state index contributed by atoms with van der Waals surface area (Å²) in [6.45, 7) is 16.6. The van der Waals surface area contributed by atoms with Gasteiger partial charge in [-0.1, -0.05) is 0 Å². The van der Waals surface area contributed by atoms with Crippen molar-refractivity contribution >= 4 is 8.56 Å². The molecule has 80 valence electrons. The molecule has 2 nitrogen and oxygen atoms in total. The van der Waals surface area contributed by atoms with Crippen molar-refractivity contribution in [3.63, 3.8) is 0 Å². The van der Waals surface area contributed by atoms with Crippen LogP contribution in [0.1, 0.15) is 41.5 Å². The van der Waals surface area contributed by atoms with E-state index in [2.05, 4.69) is 54.6 Å². The number of rotatable bonds is 2. The molecule has 0 aromatic rings. The highest BCUT2D eigenvalue weighted by Crippen LogP contribution is 2.22. The molecule has 0 fully saturated rings. The Hall–Kier alpha value is 0.137. The second-order valence-electron chi connectivity index (χ2n) is 5.83. The van der Waals surface area contributed by atoms with Crippen molar-refractivity contribution in [3.05, 3.63) is 0 Å². The molecule has 0 rings (SSSR count). The zero-order valence-electron chi connectivity index (χ0n) is 10.3. The molecular formula is C10H24O2Si. The number of hydrogen-bond acceptors (Lipinski definition) is 2. The van der Waals surface area contributed by atoms with Crippen LogP contribution in [0.4, 0.5) is 0 Å². The van der Waals surface area contributed by atoms with E-state index in [9.17, 15) is 0 Å². The molecule has 0 aliphatic heterocycles. The van der Waals surface area contributed by atoms with Gasteiger partial charge in [0, 0.05) is 0 Å². The summed E-state index contributed by atoms with van der Waals surface area (Å²) < 4.78 is 11.8. The van der Waals surface area contributed by atoms with Gasteiger partial charge >= 0.3 is 8.56 Å². The molecule has 0 bridgehead atoms. The lowest BCUT2D eigenvalue weighted by molar-refractivity contribution is 0.0213. The lowest BCUT2D eigenvalue weighted by atomic mass is 10.2. The van der Waals surface area contributed by atoms with Crippen LogP contribution in [0.3, 0.4) is 0 Å². The molecule has 0 radical (unpaired) electrons. The third-order valence-corrected chi connectivity index (χ3v) is 3.31. The van der Waals surface area contributed by atoms with E-state index in [4.69, 9.17) is 8.85 Å². The molecule has 0 N–H and O–H groups in total. The predicted molar refractivity (Wildman–Crippen MR) is 59.2 cm³/mol. The fourth-order valence-corrected chi connectivity index (χ4v) is 4.49. The van der Waals surface area contributed by atoms with Crippen LogP contribution in [-0.4, -0.2) is 19.8 Å². The molecule has 0 aliphatic carbocycles. The Morgan fingerprint density at radius 2 is 0.923 bits per heavy atom. The van der Waals surface area contributed by atoms with Crippen LogP contribution in [0.25, 0.3) is 0 Å². The fourth-order valence-electron chi connectivity index (χ4n) is 1.50. The van der Waals surface area contributed by atoms with Gasteiger partial charge in [-0.2, -0.15) is 0 Å². The summed E-state index contributed by atoms with van der Waals surface area (Å²) in [5.74, 6) is 0. The normalized spacial score (nSPS) is 14.8. The first-order chi connectivity index (χ1) is 5.41. The summed E-state index contributed by atoms with van der Waals surface area (Å²) in [7, 11) is -1.97. The van der Waals surface area contributed by atoms with Crippen LogP contribution < -0.4 is 0 Å². The molecule has 0 unspecified atom stereocenters. The predicted octanol–water partition coefficient (Wildman–Crippen LogP) is 3.32. The fraction of sp³-hybridized carbons (Fsp3) is 1.00. The zero-order chi connectivity index (χ0) is 10.9. The van der Waals surface area contributed by atoms with Gasteiger partial charge in [0.25, 0.3) is 0 Å². The molecule has 0 atom stereocenters. The minimum Gasteiger partial charge on any atom is -0.390 e. The zero-order valence-corrected chi connectivity index (χ0v) is 11.3. The molecule has 0 spiro atoms. The average molecular weight is 204 g/mol. The molecule has 0 amide bonds. The molecule has 3 heteroatoms. The first kappa shape index (κ1) is 13.1. The van der Waals surface area contributed by atoms with Gasteiger partial charge in [0.1, 0.15) is 0 Å². The summed E-state index contributed by atoms with van der Waals surface area (Å²) in [5, 5.41) is 0. The van der Waals surface area contributed by atoms with Crippen molar-refractivity contribution in [2.24, 2.45) is 0 Å². The lowest BCUT2D eigenvalue weighted by Crippen LogP contribution is -2.46. The molecule has 0 heterocycles. The maximum atomic E-state index is 5.92. The Labute approximate surface area is 83.9 Å². The SMILES string of the molecule is CC(C)(C)O[Si](C)(C)OC(C)(C)C. The molecule has 0 saturated heterocycles. The quantitative estimate of drug-likeness (QED) is 0.642. The van der Waals surface area contributed by atoms with Gasteiger partial charge < -0.3 is 8.85 Å². The highest BCUT2D eigenvalue weighted by atomic mass is 28.4. The summed E-state index contributed by atoms with van der Waals surface area (Å²) in [5.41, 5.74) is -0.220.